The average Bonchev–Trinajstić information content (AvgIpc) is 2.38. The minimum Gasteiger partial charge on any atom is -0.481 e. The summed E-state index contributed by atoms with van der Waals surface area (Å²) in [7, 11) is 0. The molecule has 0 aliphatic rings. The van der Waals surface area contributed by atoms with E-state index in [0.717, 1.165) is 21.3 Å². The van der Waals surface area contributed by atoms with Crippen LogP contribution >= 0.6 is 15.9 Å². The van der Waals surface area contributed by atoms with Crippen LogP contribution in [0.25, 0.3) is 0 Å². The number of carbonyl (C=O) groups is 2. The molecule has 0 aliphatic heterocycles. The lowest BCUT2D eigenvalue weighted by atomic mass is 10.0. The second-order valence-electron chi connectivity index (χ2n) is 5.12. The lowest BCUT2D eigenvalue weighted by Crippen LogP contribution is -2.34. The van der Waals surface area contributed by atoms with Gasteiger partial charge in [-0.2, -0.15) is 0 Å². The predicted octanol–water partition coefficient (Wildman–Crippen LogP) is 3.69. The third-order valence-corrected chi connectivity index (χ3v) is 3.79. The van der Waals surface area contributed by atoms with Crippen LogP contribution in [0.3, 0.4) is 0 Å². The van der Waals surface area contributed by atoms with Crippen molar-refractivity contribution in [2.24, 2.45) is 5.92 Å². The largest absolute Gasteiger partial charge is 0.481 e. The maximum atomic E-state index is 11.9. The van der Waals surface area contributed by atoms with Gasteiger partial charge in [0.15, 0.2) is 0 Å². The first-order valence-corrected chi connectivity index (χ1v) is 7.66. The van der Waals surface area contributed by atoms with E-state index in [4.69, 9.17) is 5.11 Å². The summed E-state index contributed by atoms with van der Waals surface area (Å²) in [5.41, 5.74) is 2.71. The van der Waals surface area contributed by atoms with Gasteiger partial charge in [0.25, 0.3) is 0 Å². The van der Waals surface area contributed by atoms with E-state index < -0.39 is 5.97 Å². The molecule has 1 unspecified atom stereocenters. The number of carboxylic acid groups (broad SMARTS) is 1. The van der Waals surface area contributed by atoms with Crippen LogP contribution in [0.2, 0.25) is 0 Å². The van der Waals surface area contributed by atoms with Crippen molar-refractivity contribution in [3.63, 3.8) is 0 Å². The molecule has 0 saturated carbocycles. The van der Waals surface area contributed by atoms with Gasteiger partial charge >= 0.3 is 12.0 Å². The number of urea groups is 1. The number of aliphatic carboxylic acids is 1. The lowest BCUT2D eigenvalue weighted by molar-refractivity contribution is -0.138. The van der Waals surface area contributed by atoms with Gasteiger partial charge in [-0.15, -0.1) is 0 Å². The van der Waals surface area contributed by atoms with Gasteiger partial charge in [0.2, 0.25) is 0 Å². The van der Waals surface area contributed by atoms with Crippen LogP contribution in [0.4, 0.5) is 10.5 Å². The highest BCUT2D eigenvalue weighted by atomic mass is 79.9. The standard InChI is InChI=1S/C15H21BrN2O3/c1-4-11(7-13(19)20)8-17-15(21)18-14-9(2)5-12(16)6-10(14)3/h5-6,11H,4,7-8H2,1-3H3,(H,19,20)(H2,17,18,21). The highest BCUT2D eigenvalue weighted by Crippen LogP contribution is 2.24. The first kappa shape index (κ1) is 17.5. The molecule has 0 aromatic heterocycles. The van der Waals surface area contributed by atoms with Gasteiger partial charge in [0, 0.05) is 23.1 Å². The highest BCUT2D eigenvalue weighted by Gasteiger charge is 2.13. The number of amides is 2. The second-order valence-corrected chi connectivity index (χ2v) is 6.04. The minimum absolute atomic E-state index is 0.0552. The van der Waals surface area contributed by atoms with Gasteiger partial charge in [-0.3, -0.25) is 4.79 Å². The van der Waals surface area contributed by atoms with Crippen molar-refractivity contribution in [2.75, 3.05) is 11.9 Å². The van der Waals surface area contributed by atoms with Gasteiger partial charge in [0.05, 0.1) is 0 Å². The Balaban J connectivity index is 2.60. The molecule has 1 rings (SSSR count). The van der Waals surface area contributed by atoms with Crippen LogP contribution in [0.15, 0.2) is 16.6 Å². The molecule has 0 heterocycles. The second kappa shape index (κ2) is 8.02. The van der Waals surface area contributed by atoms with E-state index >= 15 is 0 Å². The topological polar surface area (TPSA) is 78.4 Å². The smallest absolute Gasteiger partial charge is 0.319 e. The number of benzene rings is 1. The van der Waals surface area contributed by atoms with Gasteiger partial charge in [-0.1, -0.05) is 29.3 Å². The van der Waals surface area contributed by atoms with Gasteiger partial charge in [-0.25, -0.2) is 4.79 Å². The Labute approximate surface area is 133 Å². The maximum Gasteiger partial charge on any atom is 0.319 e. The fraction of sp³-hybridized carbons (Fsp3) is 0.467. The maximum absolute atomic E-state index is 11.9. The fourth-order valence-corrected chi connectivity index (χ4v) is 2.80. The SMILES string of the molecule is CCC(CNC(=O)Nc1c(C)cc(Br)cc1C)CC(=O)O. The Morgan fingerprint density at radius 1 is 1.29 bits per heavy atom. The summed E-state index contributed by atoms with van der Waals surface area (Å²) in [4.78, 5) is 22.6. The number of hydrogen-bond acceptors (Lipinski definition) is 2. The normalized spacial score (nSPS) is 11.8. The predicted molar refractivity (Wildman–Crippen MR) is 86.7 cm³/mol. The van der Waals surface area contributed by atoms with E-state index in [1.807, 2.05) is 32.9 Å². The van der Waals surface area contributed by atoms with Crippen molar-refractivity contribution in [3.8, 4) is 0 Å². The Hall–Kier alpha value is -1.56. The Morgan fingerprint density at radius 3 is 2.33 bits per heavy atom. The highest BCUT2D eigenvalue weighted by molar-refractivity contribution is 9.10. The molecule has 1 aromatic carbocycles. The molecule has 6 heteroatoms. The number of carbonyl (C=O) groups excluding carboxylic acids is 1. The van der Waals surface area contributed by atoms with Crippen molar-refractivity contribution in [1.29, 1.82) is 0 Å². The minimum atomic E-state index is -0.844. The van der Waals surface area contributed by atoms with Gasteiger partial charge in [0.1, 0.15) is 0 Å². The Bertz CT molecular complexity index is 509. The summed E-state index contributed by atoms with van der Waals surface area (Å²) in [5.74, 6) is -0.899. The third kappa shape index (κ3) is 5.75. The Kier molecular flexibility index (Phi) is 6.68. The molecule has 1 atom stereocenters. The summed E-state index contributed by atoms with van der Waals surface area (Å²) < 4.78 is 0.968. The van der Waals surface area contributed by atoms with Crippen LogP contribution in [-0.4, -0.2) is 23.7 Å². The zero-order chi connectivity index (χ0) is 16.0. The van der Waals surface area contributed by atoms with E-state index in [2.05, 4.69) is 26.6 Å². The number of nitrogens with one attached hydrogen (secondary N) is 2. The lowest BCUT2D eigenvalue weighted by Gasteiger charge is -2.16. The fourth-order valence-electron chi connectivity index (χ4n) is 2.11. The van der Waals surface area contributed by atoms with Crippen molar-refractivity contribution in [2.45, 2.75) is 33.6 Å². The quantitative estimate of drug-likeness (QED) is 0.727. The van der Waals surface area contributed by atoms with Crippen LogP contribution in [0.1, 0.15) is 30.9 Å². The molecule has 21 heavy (non-hydrogen) atoms. The molecule has 0 fully saturated rings. The first-order valence-electron chi connectivity index (χ1n) is 6.86. The molecule has 0 aliphatic carbocycles. The van der Waals surface area contributed by atoms with Crippen molar-refractivity contribution in [3.05, 3.63) is 27.7 Å². The number of carboxylic acids is 1. The summed E-state index contributed by atoms with van der Waals surface area (Å²) in [5, 5.41) is 14.3. The summed E-state index contributed by atoms with van der Waals surface area (Å²) >= 11 is 3.41. The molecular weight excluding hydrogens is 336 g/mol. The van der Waals surface area contributed by atoms with Crippen molar-refractivity contribution < 1.29 is 14.7 Å². The molecule has 0 bridgehead atoms. The van der Waals surface area contributed by atoms with Crippen LogP contribution in [0, 0.1) is 19.8 Å². The number of anilines is 1. The molecule has 0 spiro atoms. The van der Waals surface area contributed by atoms with Gasteiger partial charge < -0.3 is 15.7 Å². The van der Waals surface area contributed by atoms with E-state index in [-0.39, 0.29) is 18.4 Å². The van der Waals surface area contributed by atoms with Crippen LogP contribution < -0.4 is 10.6 Å². The molecular formula is C15H21BrN2O3. The number of halogens is 1. The summed E-state index contributed by atoms with van der Waals surface area (Å²) in [6.45, 7) is 6.11. The number of hydrogen-bond donors (Lipinski definition) is 3. The summed E-state index contributed by atoms with van der Waals surface area (Å²) in [6.07, 6.45) is 0.774. The zero-order valence-electron chi connectivity index (χ0n) is 12.5. The van der Waals surface area contributed by atoms with E-state index in [0.29, 0.717) is 13.0 Å². The number of rotatable bonds is 6. The molecule has 116 valence electrons. The van der Waals surface area contributed by atoms with Crippen LogP contribution in [-0.2, 0) is 4.79 Å². The molecule has 3 N–H and O–H groups in total. The van der Waals surface area contributed by atoms with E-state index in [9.17, 15) is 9.59 Å². The van der Waals surface area contributed by atoms with E-state index in [1.165, 1.54) is 0 Å². The molecule has 5 nitrogen and oxygen atoms in total. The summed E-state index contributed by atoms with van der Waals surface area (Å²) in [6, 6.07) is 3.55. The molecule has 0 radical (unpaired) electrons. The van der Waals surface area contributed by atoms with Crippen molar-refractivity contribution >= 4 is 33.6 Å². The van der Waals surface area contributed by atoms with Crippen LogP contribution in [0.5, 0.6) is 0 Å². The zero-order valence-corrected chi connectivity index (χ0v) is 14.1. The molecule has 2 amide bonds. The number of aryl methyl sites for hydroxylation is 2. The molecule has 0 saturated heterocycles. The average molecular weight is 357 g/mol. The third-order valence-electron chi connectivity index (χ3n) is 3.33. The molecule has 1 aromatic rings. The Morgan fingerprint density at radius 2 is 1.86 bits per heavy atom. The van der Waals surface area contributed by atoms with Gasteiger partial charge in [-0.05, 0) is 43.0 Å². The first-order chi connectivity index (χ1) is 9.83. The monoisotopic (exact) mass is 356 g/mol. The van der Waals surface area contributed by atoms with E-state index in [1.54, 1.807) is 0 Å². The van der Waals surface area contributed by atoms with Crippen molar-refractivity contribution in [1.82, 2.24) is 5.32 Å².